The molecule has 0 aliphatic rings. The van der Waals surface area contributed by atoms with Gasteiger partial charge in [-0.05, 0) is 23.7 Å². The summed E-state index contributed by atoms with van der Waals surface area (Å²) in [6.45, 7) is 3.05. The van der Waals surface area contributed by atoms with Crippen LogP contribution in [0.1, 0.15) is 10.4 Å². The molecule has 0 unspecified atom stereocenters. The quantitative estimate of drug-likeness (QED) is 0.259. The molecule has 0 radical (unpaired) electrons. The second-order valence-electron chi connectivity index (χ2n) is 2.35. The van der Waals surface area contributed by atoms with Gasteiger partial charge in [0.1, 0.15) is 18.0 Å². The van der Waals surface area contributed by atoms with Crippen LogP contribution in [0.3, 0.4) is 0 Å². The molecule has 4 nitrogen and oxygen atoms in total. The maximum absolute atomic E-state index is 10.8. The molecule has 0 saturated heterocycles. The molecule has 0 bridgehead atoms. The Balaban J connectivity index is 3.35. The smallest absolute Gasteiger partial charge is 0.259 e. The van der Waals surface area contributed by atoms with Crippen molar-refractivity contribution in [3.05, 3.63) is 29.0 Å². The monoisotopic (exact) mass is 199 g/mol. The Labute approximate surface area is 79.3 Å². The Bertz CT molecular complexity index is 376. The van der Waals surface area contributed by atoms with Crippen molar-refractivity contribution in [2.45, 2.75) is 0 Å². The fourth-order valence-corrected chi connectivity index (χ4v) is 1.05. The lowest BCUT2D eigenvalue weighted by molar-refractivity contribution is -0.350. The fraction of sp³-hybridized carbons (Fsp3) is 0. The summed E-state index contributed by atoms with van der Waals surface area (Å²) in [7, 11) is 0. The molecule has 0 atom stereocenters. The molecule has 5 heteroatoms. The molecule has 68 valence electrons. The first-order chi connectivity index (χ1) is 6.02. The van der Waals surface area contributed by atoms with Crippen molar-refractivity contribution >= 4 is 29.2 Å². The predicted molar refractivity (Wildman–Crippen MR) is 48.7 cm³/mol. The molecular weight excluding hydrogens is 194 g/mol. The second-order valence-corrected chi connectivity index (χ2v) is 2.70. The summed E-state index contributed by atoms with van der Waals surface area (Å²) >= 11 is 5.19. The lowest BCUT2D eigenvalue weighted by Crippen LogP contribution is -1.98. The Morgan fingerprint density at radius 2 is 2.23 bits per heavy atom. The van der Waals surface area contributed by atoms with Crippen LogP contribution in [0.5, 0.6) is 5.75 Å². The van der Waals surface area contributed by atoms with E-state index in [1.165, 1.54) is 12.1 Å². The van der Waals surface area contributed by atoms with Crippen LogP contribution in [0.25, 0.3) is 0 Å². The second kappa shape index (κ2) is 3.45. The molecular formula is C8H6ClNO3. The number of carbonyl (C=O) groups is 1. The predicted octanol–water partition coefficient (Wildman–Crippen LogP) is 1.61. The third kappa shape index (κ3) is 1.97. The van der Waals surface area contributed by atoms with Crippen molar-refractivity contribution in [2.24, 2.45) is 0 Å². The van der Waals surface area contributed by atoms with E-state index in [9.17, 15) is 10.0 Å². The van der Waals surface area contributed by atoms with E-state index in [-0.39, 0.29) is 21.7 Å². The van der Waals surface area contributed by atoms with Gasteiger partial charge in [0.15, 0.2) is 0 Å². The van der Waals surface area contributed by atoms with Crippen LogP contribution >= 0.6 is 11.6 Å². The minimum Gasteiger partial charge on any atom is -0.619 e. The van der Waals surface area contributed by atoms with Crippen LogP contribution in [0.4, 0.5) is 5.69 Å². The van der Waals surface area contributed by atoms with E-state index >= 15 is 0 Å². The minimum absolute atomic E-state index is 0.0180. The van der Waals surface area contributed by atoms with Crippen molar-refractivity contribution in [3.63, 3.8) is 0 Å². The van der Waals surface area contributed by atoms with Crippen molar-refractivity contribution < 1.29 is 14.6 Å². The number of aromatic hydroxyl groups is 1. The van der Waals surface area contributed by atoms with E-state index in [4.69, 9.17) is 16.7 Å². The lowest BCUT2D eigenvalue weighted by Gasteiger charge is -2.04. The molecule has 0 saturated carbocycles. The first-order valence-electron chi connectivity index (χ1n) is 3.33. The average molecular weight is 200 g/mol. The highest BCUT2D eigenvalue weighted by Crippen LogP contribution is 2.24. The Hall–Kier alpha value is -1.55. The van der Waals surface area contributed by atoms with Crippen LogP contribution in [0, 0.1) is 5.21 Å². The van der Waals surface area contributed by atoms with Crippen LogP contribution in [-0.4, -0.2) is 21.8 Å². The minimum atomic E-state index is -0.764. The average Bonchev–Trinajstić information content (AvgIpc) is 2.03. The van der Waals surface area contributed by atoms with Crippen molar-refractivity contribution in [2.75, 3.05) is 0 Å². The van der Waals surface area contributed by atoms with Crippen molar-refractivity contribution in [1.82, 2.24) is 0 Å². The summed E-state index contributed by atoms with van der Waals surface area (Å²) < 4.78 is 0.218. The molecule has 0 aromatic heterocycles. The van der Waals surface area contributed by atoms with Gasteiger partial charge in [0, 0.05) is 0 Å². The number of phenols is 1. The number of phenolic OH excluding ortho intramolecular Hbond substituents is 1. The first-order valence-corrected chi connectivity index (χ1v) is 3.71. The highest BCUT2D eigenvalue weighted by molar-refractivity contribution is 6.68. The van der Waals surface area contributed by atoms with Gasteiger partial charge in [-0.2, -0.15) is 4.74 Å². The highest BCUT2D eigenvalue weighted by Gasteiger charge is 2.14. The van der Waals surface area contributed by atoms with Crippen LogP contribution in [-0.2, 0) is 0 Å². The van der Waals surface area contributed by atoms with Gasteiger partial charge in [0.2, 0.25) is 5.69 Å². The summed E-state index contributed by atoms with van der Waals surface area (Å²) in [6.07, 6.45) is 0. The molecule has 1 aromatic carbocycles. The van der Waals surface area contributed by atoms with E-state index in [0.717, 1.165) is 6.07 Å². The van der Waals surface area contributed by atoms with E-state index < -0.39 is 5.24 Å². The molecule has 0 fully saturated rings. The Morgan fingerprint density at radius 3 is 2.69 bits per heavy atom. The summed E-state index contributed by atoms with van der Waals surface area (Å²) in [4.78, 5) is 10.8. The van der Waals surface area contributed by atoms with Gasteiger partial charge >= 0.3 is 0 Å². The molecule has 0 aliphatic heterocycles. The van der Waals surface area contributed by atoms with Gasteiger partial charge in [-0.15, -0.1) is 0 Å². The largest absolute Gasteiger partial charge is 0.619 e. The van der Waals surface area contributed by atoms with Gasteiger partial charge < -0.3 is 10.3 Å². The van der Waals surface area contributed by atoms with Gasteiger partial charge in [-0.3, -0.25) is 4.79 Å². The number of carbonyl (C=O) groups excluding carboxylic acids is 1. The summed E-state index contributed by atoms with van der Waals surface area (Å²) in [5, 5.41) is 19.1. The molecule has 13 heavy (non-hydrogen) atoms. The molecule has 0 spiro atoms. The number of hydrogen-bond donors (Lipinski definition) is 1. The third-order valence-corrected chi connectivity index (χ3v) is 1.67. The zero-order valence-electron chi connectivity index (χ0n) is 6.53. The molecule has 0 amide bonds. The topological polar surface area (TPSA) is 63.4 Å². The molecule has 1 aromatic rings. The SMILES string of the molecule is C=[N+]([O-])c1cc(O)ccc1C(=O)Cl. The van der Waals surface area contributed by atoms with Gasteiger partial charge in [-0.1, -0.05) is 0 Å². The van der Waals surface area contributed by atoms with Crippen LogP contribution in [0.15, 0.2) is 18.2 Å². The standard InChI is InChI=1S/C8H6ClNO3/c1-10(13)7-4-5(11)2-3-6(7)8(9)12/h2-4,11H,1H2. The molecule has 1 rings (SSSR count). The fourth-order valence-electron chi connectivity index (χ4n) is 0.893. The zero-order chi connectivity index (χ0) is 10.0. The Morgan fingerprint density at radius 1 is 1.62 bits per heavy atom. The van der Waals surface area contributed by atoms with E-state index in [2.05, 4.69) is 6.72 Å². The van der Waals surface area contributed by atoms with Gasteiger partial charge in [-0.25, -0.2) is 0 Å². The van der Waals surface area contributed by atoms with Crippen molar-refractivity contribution in [1.29, 1.82) is 0 Å². The third-order valence-electron chi connectivity index (χ3n) is 1.46. The van der Waals surface area contributed by atoms with E-state index in [1.54, 1.807) is 0 Å². The number of benzene rings is 1. The number of hydrogen-bond acceptors (Lipinski definition) is 3. The van der Waals surface area contributed by atoms with E-state index in [1.807, 2.05) is 0 Å². The number of nitrogens with zero attached hydrogens (tertiary/aromatic N) is 1. The van der Waals surface area contributed by atoms with Crippen molar-refractivity contribution in [3.8, 4) is 5.75 Å². The Kier molecular flexibility index (Phi) is 2.53. The highest BCUT2D eigenvalue weighted by atomic mass is 35.5. The van der Waals surface area contributed by atoms with Gasteiger partial charge in [0.25, 0.3) is 5.24 Å². The maximum Gasteiger partial charge on any atom is 0.259 e. The summed E-state index contributed by atoms with van der Waals surface area (Å²) in [5.74, 6) is -0.124. The maximum atomic E-state index is 10.8. The number of rotatable bonds is 2. The molecule has 1 N–H and O–H groups in total. The van der Waals surface area contributed by atoms with E-state index in [0.29, 0.717) is 0 Å². The number of halogens is 1. The first kappa shape index (κ1) is 9.54. The zero-order valence-corrected chi connectivity index (χ0v) is 7.28. The van der Waals surface area contributed by atoms with Gasteiger partial charge in [0.05, 0.1) is 6.07 Å². The lowest BCUT2D eigenvalue weighted by atomic mass is 10.2. The molecule has 0 aliphatic carbocycles. The normalized spacial score (nSPS) is 9.62. The summed E-state index contributed by atoms with van der Waals surface area (Å²) in [5.41, 5.74) is -0.0375. The molecule has 0 heterocycles. The van der Waals surface area contributed by atoms with Crippen LogP contribution < -0.4 is 0 Å². The van der Waals surface area contributed by atoms with Crippen LogP contribution in [0.2, 0.25) is 0 Å². The summed E-state index contributed by atoms with van der Waals surface area (Å²) in [6, 6.07) is 3.65.